The van der Waals surface area contributed by atoms with Crippen molar-refractivity contribution in [3.63, 3.8) is 0 Å². The molecule has 7 heteroatoms. The van der Waals surface area contributed by atoms with E-state index in [1.165, 1.54) is 12.1 Å². The summed E-state index contributed by atoms with van der Waals surface area (Å²) in [6.07, 6.45) is 2.27. The molecule has 23 heavy (non-hydrogen) atoms. The van der Waals surface area contributed by atoms with Crippen LogP contribution < -0.4 is 10.2 Å². The van der Waals surface area contributed by atoms with Crippen LogP contribution in [0.4, 0.5) is 5.69 Å². The van der Waals surface area contributed by atoms with Gasteiger partial charge < -0.3 is 10.1 Å². The van der Waals surface area contributed by atoms with E-state index in [2.05, 4.69) is 5.32 Å². The molecule has 0 radical (unpaired) electrons. The topological polar surface area (TPSA) is 92.8 Å². The predicted molar refractivity (Wildman–Crippen MR) is 79.6 cm³/mol. The zero-order valence-corrected chi connectivity index (χ0v) is 12.4. The van der Waals surface area contributed by atoms with E-state index in [-0.39, 0.29) is 48.8 Å². The molecule has 3 amide bonds. The van der Waals surface area contributed by atoms with E-state index in [0.29, 0.717) is 5.69 Å². The average molecular weight is 316 g/mol. The Morgan fingerprint density at radius 2 is 1.87 bits per heavy atom. The Balaban J connectivity index is 1.64. The summed E-state index contributed by atoms with van der Waals surface area (Å²) in [4.78, 5) is 48.0. The molecule has 0 aromatic heterocycles. The van der Waals surface area contributed by atoms with Crippen LogP contribution in [0, 0.1) is 0 Å². The van der Waals surface area contributed by atoms with E-state index in [9.17, 15) is 19.2 Å². The average Bonchev–Trinajstić information content (AvgIpc) is 3.28. The van der Waals surface area contributed by atoms with Crippen LogP contribution in [0.15, 0.2) is 24.3 Å². The van der Waals surface area contributed by atoms with Gasteiger partial charge in [-0.15, -0.1) is 0 Å². The van der Waals surface area contributed by atoms with Gasteiger partial charge >= 0.3 is 5.97 Å². The number of carbonyl (C=O) groups excluding carboxylic acids is 4. The molecule has 2 aliphatic rings. The number of hydrogen-bond acceptors (Lipinski definition) is 5. The molecule has 3 rings (SSSR count). The number of rotatable bonds is 5. The van der Waals surface area contributed by atoms with Gasteiger partial charge in [0.25, 0.3) is 5.91 Å². The molecular formula is C16H16N2O5. The third-order valence-corrected chi connectivity index (χ3v) is 3.67. The van der Waals surface area contributed by atoms with Gasteiger partial charge in [0.1, 0.15) is 0 Å². The smallest absolute Gasteiger partial charge is 0.338 e. The molecule has 1 aromatic carbocycles. The number of benzene rings is 1. The van der Waals surface area contributed by atoms with Gasteiger partial charge in [-0.1, -0.05) is 6.07 Å². The summed E-state index contributed by atoms with van der Waals surface area (Å²) in [5.41, 5.74) is 0.531. The highest BCUT2D eigenvalue weighted by molar-refractivity contribution is 6.20. The van der Waals surface area contributed by atoms with Crippen molar-refractivity contribution in [3.05, 3.63) is 29.8 Å². The molecular weight excluding hydrogens is 300 g/mol. The Labute approximate surface area is 132 Å². The van der Waals surface area contributed by atoms with E-state index in [1.807, 2.05) is 0 Å². The van der Waals surface area contributed by atoms with Crippen LogP contribution in [0.25, 0.3) is 0 Å². The second-order valence-electron chi connectivity index (χ2n) is 5.59. The first-order valence-electron chi connectivity index (χ1n) is 7.47. The molecule has 1 heterocycles. The summed E-state index contributed by atoms with van der Waals surface area (Å²) in [7, 11) is 0. The maximum atomic E-state index is 12.0. The number of esters is 1. The van der Waals surface area contributed by atoms with Crippen LogP contribution in [0.1, 0.15) is 36.0 Å². The van der Waals surface area contributed by atoms with Crippen LogP contribution >= 0.6 is 0 Å². The lowest BCUT2D eigenvalue weighted by Crippen LogP contribution is -2.30. The van der Waals surface area contributed by atoms with Gasteiger partial charge in [-0.3, -0.25) is 19.3 Å². The van der Waals surface area contributed by atoms with Gasteiger partial charge in [-0.05, 0) is 31.0 Å². The van der Waals surface area contributed by atoms with Gasteiger partial charge in [-0.25, -0.2) is 4.79 Å². The summed E-state index contributed by atoms with van der Waals surface area (Å²) in [6.45, 7) is -0.346. The number of anilines is 1. The van der Waals surface area contributed by atoms with Gasteiger partial charge in [0.2, 0.25) is 11.8 Å². The van der Waals surface area contributed by atoms with E-state index in [4.69, 9.17) is 4.74 Å². The summed E-state index contributed by atoms with van der Waals surface area (Å²) < 4.78 is 4.95. The van der Waals surface area contributed by atoms with Crippen molar-refractivity contribution < 1.29 is 23.9 Å². The number of amides is 3. The van der Waals surface area contributed by atoms with Gasteiger partial charge in [0.05, 0.1) is 11.3 Å². The molecule has 120 valence electrons. The molecule has 1 aliphatic heterocycles. The highest BCUT2D eigenvalue weighted by atomic mass is 16.5. The minimum absolute atomic E-state index is 0.175. The summed E-state index contributed by atoms with van der Waals surface area (Å²) in [5, 5.41) is 2.71. The Bertz CT molecular complexity index is 665. The maximum absolute atomic E-state index is 12.0. The van der Waals surface area contributed by atoms with E-state index >= 15 is 0 Å². The minimum atomic E-state index is -0.670. The molecule has 1 saturated heterocycles. The van der Waals surface area contributed by atoms with Crippen LogP contribution in [0.3, 0.4) is 0 Å². The fraction of sp³-hybridized carbons (Fsp3) is 0.375. The zero-order valence-electron chi connectivity index (χ0n) is 12.4. The molecule has 7 nitrogen and oxygen atoms in total. The van der Waals surface area contributed by atoms with Crippen molar-refractivity contribution in [3.8, 4) is 0 Å². The van der Waals surface area contributed by atoms with Crippen molar-refractivity contribution in [2.24, 2.45) is 0 Å². The molecule has 1 aliphatic carbocycles. The molecule has 1 N–H and O–H groups in total. The maximum Gasteiger partial charge on any atom is 0.338 e. The first kappa shape index (κ1) is 15.2. The van der Waals surface area contributed by atoms with Crippen molar-refractivity contribution in [2.45, 2.75) is 31.7 Å². The van der Waals surface area contributed by atoms with Gasteiger partial charge in [0.15, 0.2) is 6.61 Å². The van der Waals surface area contributed by atoms with E-state index in [0.717, 1.165) is 17.7 Å². The van der Waals surface area contributed by atoms with Crippen molar-refractivity contribution in [1.82, 2.24) is 5.32 Å². The predicted octanol–water partition coefficient (Wildman–Crippen LogP) is 0.775. The summed E-state index contributed by atoms with van der Waals surface area (Å²) in [5.74, 6) is -1.58. The lowest BCUT2D eigenvalue weighted by Gasteiger charge is -2.14. The van der Waals surface area contributed by atoms with E-state index < -0.39 is 5.97 Å². The SMILES string of the molecule is O=C(COC(=O)c1cccc(N2C(=O)CCC2=O)c1)NC1CC1. The summed E-state index contributed by atoms with van der Waals surface area (Å²) >= 11 is 0. The fourth-order valence-corrected chi connectivity index (χ4v) is 2.35. The minimum Gasteiger partial charge on any atom is -0.452 e. The van der Waals surface area contributed by atoms with Crippen LogP contribution in [-0.2, 0) is 19.1 Å². The van der Waals surface area contributed by atoms with Crippen LogP contribution in [0.5, 0.6) is 0 Å². The molecule has 0 unspecified atom stereocenters. The van der Waals surface area contributed by atoms with E-state index in [1.54, 1.807) is 12.1 Å². The highest BCUT2D eigenvalue weighted by Crippen LogP contribution is 2.23. The number of ether oxygens (including phenoxy) is 1. The second-order valence-corrected chi connectivity index (χ2v) is 5.59. The zero-order chi connectivity index (χ0) is 16.4. The number of carbonyl (C=O) groups is 4. The Morgan fingerprint density at radius 1 is 1.17 bits per heavy atom. The molecule has 0 bridgehead atoms. The monoisotopic (exact) mass is 316 g/mol. The quantitative estimate of drug-likeness (QED) is 0.640. The second kappa shape index (κ2) is 6.20. The van der Waals surface area contributed by atoms with Gasteiger partial charge in [0, 0.05) is 18.9 Å². The summed E-state index contributed by atoms with van der Waals surface area (Å²) in [6, 6.07) is 6.28. The Kier molecular flexibility index (Phi) is 4.10. The number of hydrogen-bond donors (Lipinski definition) is 1. The molecule has 1 aromatic rings. The number of imide groups is 1. The van der Waals surface area contributed by atoms with Crippen LogP contribution in [0.2, 0.25) is 0 Å². The molecule has 0 spiro atoms. The normalized spacial score (nSPS) is 17.3. The van der Waals surface area contributed by atoms with Crippen LogP contribution in [-0.4, -0.2) is 36.3 Å². The van der Waals surface area contributed by atoms with Crippen molar-refractivity contribution in [1.29, 1.82) is 0 Å². The molecule has 2 fully saturated rings. The first-order valence-corrected chi connectivity index (χ1v) is 7.47. The lowest BCUT2D eigenvalue weighted by atomic mass is 10.2. The number of nitrogens with zero attached hydrogens (tertiary/aromatic N) is 1. The third-order valence-electron chi connectivity index (χ3n) is 3.67. The fourth-order valence-electron chi connectivity index (χ4n) is 2.35. The van der Waals surface area contributed by atoms with Gasteiger partial charge in [-0.2, -0.15) is 0 Å². The molecule has 1 saturated carbocycles. The van der Waals surface area contributed by atoms with Crippen molar-refractivity contribution >= 4 is 29.4 Å². The third kappa shape index (κ3) is 3.56. The largest absolute Gasteiger partial charge is 0.452 e. The first-order chi connectivity index (χ1) is 11.0. The Hall–Kier alpha value is -2.70. The van der Waals surface area contributed by atoms with Crippen molar-refractivity contribution in [2.75, 3.05) is 11.5 Å². The molecule has 0 atom stereocenters. The standard InChI is InChI=1S/C16H16N2O5/c19-13(17-11-4-5-11)9-23-16(22)10-2-1-3-12(8-10)18-14(20)6-7-15(18)21/h1-3,8,11H,4-7,9H2,(H,17,19). The number of nitrogens with one attached hydrogen (secondary N) is 1. The lowest BCUT2D eigenvalue weighted by molar-refractivity contribution is -0.124. The Morgan fingerprint density at radius 3 is 2.52 bits per heavy atom. The highest BCUT2D eigenvalue weighted by Gasteiger charge is 2.30.